The Labute approximate surface area is 112 Å². The lowest BCUT2D eigenvalue weighted by Crippen LogP contribution is -2.07. The Hall–Kier alpha value is -1.05. The summed E-state index contributed by atoms with van der Waals surface area (Å²) < 4.78 is 0. The lowest BCUT2D eigenvalue weighted by atomic mass is 9.93. The number of hydrogen-bond donors (Lipinski definition) is 1. The third-order valence-electron chi connectivity index (χ3n) is 3.17. The van der Waals surface area contributed by atoms with E-state index in [0.717, 1.165) is 25.7 Å². The standard InChI is InChI=1S/C16H28O2/c1-3-5-6-7-8-9-10-11-13-15(12-4-2)14-16(17)18/h3,5-6,15H,1,4,7-14H2,2H3,(H,17,18)/b6-5+. The first-order valence-corrected chi connectivity index (χ1v) is 7.20. The SMILES string of the molecule is C=C/C=C/CCCCCCC(CCC)CC(=O)O. The van der Waals surface area contributed by atoms with E-state index in [1.54, 1.807) is 6.08 Å². The largest absolute Gasteiger partial charge is 0.481 e. The van der Waals surface area contributed by atoms with Gasteiger partial charge >= 0.3 is 5.97 Å². The summed E-state index contributed by atoms with van der Waals surface area (Å²) in [6, 6.07) is 0. The van der Waals surface area contributed by atoms with Gasteiger partial charge in [0.15, 0.2) is 0 Å². The van der Waals surface area contributed by atoms with Crippen molar-refractivity contribution in [3.05, 3.63) is 24.8 Å². The van der Waals surface area contributed by atoms with E-state index < -0.39 is 5.97 Å². The van der Waals surface area contributed by atoms with E-state index in [-0.39, 0.29) is 0 Å². The summed E-state index contributed by atoms with van der Waals surface area (Å²) >= 11 is 0. The molecule has 1 N–H and O–H groups in total. The zero-order valence-corrected chi connectivity index (χ0v) is 11.7. The van der Waals surface area contributed by atoms with E-state index in [4.69, 9.17) is 5.11 Å². The minimum atomic E-state index is -0.650. The molecule has 0 aliphatic rings. The van der Waals surface area contributed by atoms with Crippen LogP contribution < -0.4 is 0 Å². The molecule has 0 heterocycles. The van der Waals surface area contributed by atoms with Crippen LogP contribution in [0.5, 0.6) is 0 Å². The normalized spacial score (nSPS) is 12.7. The molecule has 18 heavy (non-hydrogen) atoms. The van der Waals surface area contributed by atoms with Crippen LogP contribution in [0.3, 0.4) is 0 Å². The zero-order chi connectivity index (χ0) is 13.6. The van der Waals surface area contributed by atoms with E-state index in [1.807, 2.05) is 6.08 Å². The maximum atomic E-state index is 10.7. The zero-order valence-electron chi connectivity index (χ0n) is 11.7. The van der Waals surface area contributed by atoms with Crippen molar-refractivity contribution in [1.29, 1.82) is 0 Å². The second-order valence-electron chi connectivity index (χ2n) is 4.91. The second-order valence-corrected chi connectivity index (χ2v) is 4.91. The number of unbranched alkanes of at least 4 members (excludes halogenated alkanes) is 4. The molecule has 0 aromatic heterocycles. The van der Waals surface area contributed by atoms with Crippen LogP contribution in [0.25, 0.3) is 0 Å². The Bertz CT molecular complexity index is 243. The van der Waals surface area contributed by atoms with Crippen molar-refractivity contribution < 1.29 is 9.90 Å². The molecule has 0 aromatic carbocycles. The van der Waals surface area contributed by atoms with Crippen LogP contribution in [-0.2, 0) is 4.79 Å². The molecule has 2 heteroatoms. The highest BCUT2D eigenvalue weighted by molar-refractivity contribution is 5.66. The summed E-state index contributed by atoms with van der Waals surface area (Å²) in [6.07, 6.45) is 15.5. The summed E-state index contributed by atoms with van der Waals surface area (Å²) in [5.74, 6) is -0.267. The van der Waals surface area contributed by atoms with Gasteiger partial charge in [-0.15, -0.1) is 0 Å². The molecule has 0 fully saturated rings. The van der Waals surface area contributed by atoms with Crippen LogP contribution in [-0.4, -0.2) is 11.1 Å². The number of carboxylic acid groups (broad SMARTS) is 1. The third kappa shape index (κ3) is 11.4. The van der Waals surface area contributed by atoms with Crippen molar-refractivity contribution in [2.45, 2.75) is 64.7 Å². The van der Waals surface area contributed by atoms with Gasteiger partial charge < -0.3 is 5.11 Å². The van der Waals surface area contributed by atoms with Crippen molar-refractivity contribution in [2.24, 2.45) is 5.92 Å². The molecule has 1 unspecified atom stereocenters. The average molecular weight is 252 g/mol. The van der Waals surface area contributed by atoms with E-state index in [9.17, 15) is 4.79 Å². The van der Waals surface area contributed by atoms with Crippen LogP contribution in [0.1, 0.15) is 64.7 Å². The molecule has 1 atom stereocenters. The number of hydrogen-bond acceptors (Lipinski definition) is 1. The summed E-state index contributed by atoms with van der Waals surface area (Å²) in [4.78, 5) is 10.7. The van der Waals surface area contributed by atoms with Gasteiger partial charge in [-0.3, -0.25) is 4.79 Å². The molecule has 0 spiro atoms. The monoisotopic (exact) mass is 252 g/mol. The van der Waals surface area contributed by atoms with Crippen molar-refractivity contribution >= 4 is 5.97 Å². The van der Waals surface area contributed by atoms with Gasteiger partial charge in [0.2, 0.25) is 0 Å². The Balaban J connectivity index is 3.51. The van der Waals surface area contributed by atoms with Crippen LogP contribution in [0.15, 0.2) is 24.8 Å². The summed E-state index contributed by atoms with van der Waals surface area (Å²) in [5.41, 5.74) is 0. The Morgan fingerprint density at radius 3 is 2.56 bits per heavy atom. The van der Waals surface area contributed by atoms with Crippen LogP contribution in [0, 0.1) is 5.92 Å². The van der Waals surface area contributed by atoms with Crippen molar-refractivity contribution in [3.63, 3.8) is 0 Å². The Morgan fingerprint density at radius 1 is 1.22 bits per heavy atom. The molecular formula is C16H28O2. The molecule has 0 bridgehead atoms. The van der Waals surface area contributed by atoms with E-state index >= 15 is 0 Å². The molecule has 0 aliphatic carbocycles. The third-order valence-corrected chi connectivity index (χ3v) is 3.17. The molecule has 0 radical (unpaired) electrons. The molecule has 0 rings (SSSR count). The Morgan fingerprint density at radius 2 is 1.94 bits per heavy atom. The van der Waals surface area contributed by atoms with Gasteiger partial charge in [0.05, 0.1) is 0 Å². The fourth-order valence-corrected chi connectivity index (χ4v) is 2.24. The van der Waals surface area contributed by atoms with Crippen molar-refractivity contribution in [3.8, 4) is 0 Å². The first-order valence-electron chi connectivity index (χ1n) is 7.20. The maximum Gasteiger partial charge on any atom is 0.303 e. The van der Waals surface area contributed by atoms with Crippen molar-refractivity contribution in [1.82, 2.24) is 0 Å². The lowest BCUT2D eigenvalue weighted by Gasteiger charge is -2.13. The number of rotatable bonds is 12. The van der Waals surface area contributed by atoms with Gasteiger partial charge in [-0.2, -0.15) is 0 Å². The number of carbonyl (C=O) groups is 1. The topological polar surface area (TPSA) is 37.3 Å². The second kappa shape index (κ2) is 12.4. The number of allylic oxidation sites excluding steroid dienone is 3. The minimum absolute atomic E-state index is 0.343. The van der Waals surface area contributed by atoms with Crippen LogP contribution in [0.4, 0.5) is 0 Å². The summed E-state index contributed by atoms with van der Waals surface area (Å²) in [6.45, 7) is 5.76. The number of carboxylic acids is 1. The highest BCUT2D eigenvalue weighted by atomic mass is 16.4. The minimum Gasteiger partial charge on any atom is -0.481 e. The Kier molecular flexibility index (Phi) is 11.7. The molecule has 0 aromatic rings. The quantitative estimate of drug-likeness (QED) is 0.394. The van der Waals surface area contributed by atoms with Gasteiger partial charge in [-0.05, 0) is 25.2 Å². The van der Waals surface area contributed by atoms with Crippen molar-refractivity contribution in [2.75, 3.05) is 0 Å². The van der Waals surface area contributed by atoms with E-state index in [2.05, 4.69) is 19.6 Å². The van der Waals surface area contributed by atoms with Gasteiger partial charge in [-0.25, -0.2) is 0 Å². The van der Waals surface area contributed by atoms with Gasteiger partial charge in [-0.1, -0.05) is 63.8 Å². The fourth-order valence-electron chi connectivity index (χ4n) is 2.24. The summed E-state index contributed by atoms with van der Waals surface area (Å²) in [7, 11) is 0. The van der Waals surface area contributed by atoms with E-state index in [0.29, 0.717) is 12.3 Å². The molecule has 2 nitrogen and oxygen atoms in total. The summed E-state index contributed by atoms with van der Waals surface area (Å²) in [5, 5.41) is 8.82. The average Bonchev–Trinajstić information content (AvgIpc) is 2.32. The highest BCUT2D eigenvalue weighted by Gasteiger charge is 2.11. The first-order chi connectivity index (χ1) is 8.70. The molecule has 0 saturated heterocycles. The smallest absolute Gasteiger partial charge is 0.303 e. The highest BCUT2D eigenvalue weighted by Crippen LogP contribution is 2.19. The van der Waals surface area contributed by atoms with Gasteiger partial charge in [0, 0.05) is 6.42 Å². The molecule has 0 aliphatic heterocycles. The fraction of sp³-hybridized carbons (Fsp3) is 0.688. The van der Waals surface area contributed by atoms with Gasteiger partial charge in [0.25, 0.3) is 0 Å². The molecular weight excluding hydrogens is 224 g/mol. The molecule has 0 saturated carbocycles. The predicted molar refractivity (Wildman–Crippen MR) is 77.7 cm³/mol. The molecule has 0 amide bonds. The molecule has 104 valence electrons. The lowest BCUT2D eigenvalue weighted by molar-refractivity contribution is -0.138. The number of aliphatic carboxylic acids is 1. The maximum absolute atomic E-state index is 10.7. The van der Waals surface area contributed by atoms with Crippen LogP contribution in [0.2, 0.25) is 0 Å². The van der Waals surface area contributed by atoms with Gasteiger partial charge in [0.1, 0.15) is 0 Å². The predicted octanol–water partition coefficient (Wildman–Crippen LogP) is 4.96. The first kappa shape index (κ1) is 16.9. The van der Waals surface area contributed by atoms with E-state index in [1.165, 1.54) is 25.7 Å². The van der Waals surface area contributed by atoms with Crippen LogP contribution >= 0.6 is 0 Å².